The van der Waals surface area contributed by atoms with Crippen molar-refractivity contribution in [2.24, 2.45) is 0 Å². The van der Waals surface area contributed by atoms with E-state index >= 15 is 0 Å². The number of nitrogens with zero attached hydrogens (tertiary/aromatic N) is 2. The summed E-state index contributed by atoms with van der Waals surface area (Å²) in [5.41, 5.74) is -0.120. The van der Waals surface area contributed by atoms with Crippen molar-refractivity contribution in [2.45, 2.75) is 19.5 Å². The van der Waals surface area contributed by atoms with Gasteiger partial charge in [-0.15, -0.1) is 11.3 Å². The lowest BCUT2D eigenvalue weighted by Crippen LogP contribution is -2.31. The molecule has 1 atom stereocenters. The Kier molecular flexibility index (Phi) is 6.26. The molecule has 0 spiro atoms. The van der Waals surface area contributed by atoms with Crippen LogP contribution in [-0.2, 0) is 6.54 Å². The number of benzene rings is 1. The number of thiophene rings is 1. The van der Waals surface area contributed by atoms with E-state index in [1.54, 1.807) is 6.07 Å². The predicted molar refractivity (Wildman–Crippen MR) is 106 cm³/mol. The molecule has 8 heteroatoms. The second kappa shape index (κ2) is 8.83. The number of aromatic nitrogens is 2. The van der Waals surface area contributed by atoms with E-state index in [2.05, 4.69) is 10.4 Å². The Bertz CT molecular complexity index is 972. The molecule has 0 saturated carbocycles. The lowest BCUT2D eigenvalue weighted by Gasteiger charge is -2.13. The van der Waals surface area contributed by atoms with E-state index in [0.29, 0.717) is 10.1 Å². The average molecular weight is 404 g/mol. The number of rotatable bonds is 7. The molecule has 27 heavy (non-hydrogen) atoms. The van der Waals surface area contributed by atoms with Crippen LogP contribution in [0.5, 0.6) is 5.75 Å². The molecule has 1 unspecified atom stereocenters. The molecule has 1 N–H and O–H groups in total. The summed E-state index contributed by atoms with van der Waals surface area (Å²) in [6.07, 6.45) is 0. The molecular weight excluding hydrogens is 386 g/mol. The minimum atomic E-state index is -0.357. The summed E-state index contributed by atoms with van der Waals surface area (Å²) in [6, 6.07) is 15.5. The summed E-state index contributed by atoms with van der Waals surface area (Å²) in [6.45, 7) is 2.38. The maximum Gasteiger partial charge on any atom is 0.272 e. The monoisotopic (exact) mass is 403 g/mol. The first-order valence-electron chi connectivity index (χ1n) is 8.35. The van der Waals surface area contributed by atoms with Crippen LogP contribution in [0, 0.1) is 0 Å². The number of nitrogens with one attached hydrogen (secondary N) is 1. The Morgan fingerprint density at radius 2 is 2.00 bits per heavy atom. The van der Waals surface area contributed by atoms with Gasteiger partial charge in [-0.2, -0.15) is 5.10 Å². The van der Waals surface area contributed by atoms with Crippen molar-refractivity contribution in [1.29, 1.82) is 0 Å². The second-order valence-electron chi connectivity index (χ2n) is 5.78. The number of hydrogen-bond acceptors (Lipinski definition) is 5. The molecule has 0 aliphatic rings. The molecule has 0 aliphatic heterocycles. The highest BCUT2D eigenvalue weighted by Gasteiger charge is 2.15. The minimum Gasteiger partial charge on any atom is -0.492 e. The molecule has 0 saturated heterocycles. The molecule has 2 heterocycles. The SMILES string of the molecule is CC(NC(=O)c1ccc(=O)n(CCOc2ccccc2)n1)c1ccc(Cl)s1. The molecule has 3 aromatic rings. The number of carbonyl (C=O) groups excluding carboxylic acids is 1. The standard InChI is InChI=1S/C19H18ClN3O3S/c1-13(16-8-9-17(20)27-16)21-19(25)15-7-10-18(24)23(22-15)11-12-26-14-5-3-2-4-6-14/h2-10,13H,11-12H2,1H3,(H,21,25). The molecule has 140 valence electrons. The maximum atomic E-state index is 12.4. The normalized spacial score (nSPS) is 11.8. The number of hydrogen-bond donors (Lipinski definition) is 1. The molecule has 0 radical (unpaired) electrons. The molecule has 0 bridgehead atoms. The van der Waals surface area contributed by atoms with Crippen LogP contribution in [0.4, 0.5) is 0 Å². The summed E-state index contributed by atoms with van der Waals surface area (Å²) < 4.78 is 7.47. The van der Waals surface area contributed by atoms with Gasteiger partial charge in [0.1, 0.15) is 18.1 Å². The highest BCUT2D eigenvalue weighted by atomic mass is 35.5. The first-order valence-corrected chi connectivity index (χ1v) is 9.54. The number of ether oxygens (including phenoxy) is 1. The van der Waals surface area contributed by atoms with Gasteiger partial charge in [-0.05, 0) is 37.3 Å². The molecule has 0 fully saturated rings. The van der Waals surface area contributed by atoms with Crippen molar-refractivity contribution in [1.82, 2.24) is 15.1 Å². The van der Waals surface area contributed by atoms with E-state index in [0.717, 1.165) is 4.88 Å². The fourth-order valence-corrected chi connectivity index (χ4v) is 3.46. The Labute approximate surface area is 165 Å². The van der Waals surface area contributed by atoms with Gasteiger partial charge in [0.15, 0.2) is 0 Å². The third-order valence-corrected chi connectivity index (χ3v) is 5.20. The highest BCUT2D eigenvalue weighted by molar-refractivity contribution is 7.16. The van der Waals surface area contributed by atoms with Crippen LogP contribution in [0.25, 0.3) is 0 Å². The van der Waals surface area contributed by atoms with Gasteiger partial charge in [0.2, 0.25) is 0 Å². The van der Waals surface area contributed by atoms with Crippen molar-refractivity contribution < 1.29 is 9.53 Å². The average Bonchev–Trinajstić information content (AvgIpc) is 3.10. The minimum absolute atomic E-state index is 0.170. The van der Waals surface area contributed by atoms with Gasteiger partial charge in [-0.25, -0.2) is 4.68 Å². The van der Waals surface area contributed by atoms with E-state index in [-0.39, 0.29) is 36.4 Å². The lowest BCUT2D eigenvalue weighted by atomic mass is 10.2. The Balaban J connectivity index is 1.63. The Hall–Kier alpha value is -2.64. The van der Waals surface area contributed by atoms with E-state index in [9.17, 15) is 9.59 Å². The predicted octanol–water partition coefficient (Wildman–Crippen LogP) is 3.53. The summed E-state index contributed by atoms with van der Waals surface area (Å²) in [5.74, 6) is 0.354. The van der Waals surface area contributed by atoms with Gasteiger partial charge in [-0.1, -0.05) is 29.8 Å². The summed E-state index contributed by atoms with van der Waals surface area (Å²) in [5, 5.41) is 7.00. The topological polar surface area (TPSA) is 73.2 Å². The van der Waals surface area contributed by atoms with Crippen molar-refractivity contribution in [3.8, 4) is 5.75 Å². The molecule has 1 aromatic carbocycles. The van der Waals surface area contributed by atoms with Gasteiger partial charge in [0.25, 0.3) is 11.5 Å². The van der Waals surface area contributed by atoms with Crippen molar-refractivity contribution in [3.63, 3.8) is 0 Å². The first kappa shape index (κ1) is 19.1. The molecule has 2 aromatic heterocycles. The van der Waals surface area contributed by atoms with Crippen LogP contribution >= 0.6 is 22.9 Å². The Morgan fingerprint density at radius 1 is 1.22 bits per heavy atom. The fraction of sp³-hybridized carbons (Fsp3) is 0.211. The first-order chi connectivity index (χ1) is 13.0. The quantitative estimate of drug-likeness (QED) is 0.655. The zero-order chi connectivity index (χ0) is 19.2. The number of halogens is 1. The largest absolute Gasteiger partial charge is 0.492 e. The maximum absolute atomic E-state index is 12.4. The van der Waals surface area contributed by atoms with Crippen LogP contribution in [0.2, 0.25) is 4.34 Å². The molecule has 6 nitrogen and oxygen atoms in total. The van der Waals surface area contributed by atoms with Gasteiger partial charge in [0, 0.05) is 10.9 Å². The van der Waals surface area contributed by atoms with E-state index in [1.807, 2.05) is 43.3 Å². The lowest BCUT2D eigenvalue weighted by molar-refractivity contribution is 0.0932. The fourth-order valence-electron chi connectivity index (χ4n) is 2.40. The van der Waals surface area contributed by atoms with Crippen molar-refractivity contribution in [2.75, 3.05) is 6.61 Å². The molecule has 3 rings (SSSR count). The molecule has 0 aliphatic carbocycles. The van der Waals surface area contributed by atoms with E-state index in [4.69, 9.17) is 16.3 Å². The van der Waals surface area contributed by atoms with E-state index < -0.39 is 0 Å². The van der Waals surface area contributed by atoms with Crippen LogP contribution < -0.4 is 15.6 Å². The smallest absolute Gasteiger partial charge is 0.272 e. The van der Waals surface area contributed by atoms with Gasteiger partial charge >= 0.3 is 0 Å². The highest BCUT2D eigenvalue weighted by Crippen LogP contribution is 2.26. The summed E-state index contributed by atoms with van der Waals surface area (Å²) >= 11 is 7.34. The van der Waals surface area contributed by atoms with Gasteiger partial charge in [-0.3, -0.25) is 9.59 Å². The van der Waals surface area contributed by atoms with Crippen molar-refractivity contribution >= 4 is 28.8 Å². The van der Waals surface area contributed by atoms with Crippen LogP contribution in [0.3, 0.4) is 0 Å². The van der Waals surface area contributed by atoms with Crippen LogP contribution in [-0.4, -0.2) is 22.3 Å². The zero-order valence-electron chi connectivity index (χ0n) is 14.6. The third-order valence-electron chi connectivity index (χ3n) is 3.78. The summed E-state index contributed by atoms with van der Waals surface area (Å²) in [7, 11) is 0. The number of amides is 1. The summed E-state index contributed by atoms with van der Waals surface area (Å²) in [4.78, 5) is 25.4. The number of carbonyl (C=O) groups is 1. The third kappa shape index (κ3) is 5.18. The molecular formula is C19H18ClN3O3S. The van der Waals surface area contributed by atoms with Gasteiger partial charge in [0.05, 0.1) is 16.9 Å². The van der Waals surface area contributed by atoms with Crippen LogP contribution in [0.15, 0.2) is 59.4 Å². The van der Waals surface area contributed by atoms with E-state index in [1.165, 1.54) is 28.2 Å². The second-order valence-corrected chi connectivity index (χ2v) is 7.53. The van der Waals surface area contributed by atoms with Gasteiger partial charge < -0.3 is 10.1 Å². The van der Waals surface area contributed by atoms with Crippen LogP contribution in [0.1, 0.15) is 28.3 Å². The Morgan fingerprint density at radius 3 is 2.70 bits per heavy atom. The number of para-hydroxylation sites is 1. The molecule has 1 amide bonds. The zero-order valence-corrected chi connectivity index (χ0v) is 16.2. The van der Waals surface area contributed by atoms with Crippen molar-refractivity contribution in [3.05, 3.63) is 79.9 Å².